The Morgan fingerprint density at radius 1 is 1.36 bits per heavy atom. The fraction of sp³-hybridized carbons (Fsp3) is 1.00. The zero-order valence-electron chi connectivity index (χ0n) is 6.78. The van der Waals surface area contributed by atoms with E-state index in [0.29, 0.717) is 25.4 Å². The summed E-state index contributed by atoms with van der Waals surface area (Å²) in [6.45, 7) is 0.635. The molecular formula is C8H14F2O. The molecule has 0 spiro atoms. The summed E-state index contributed by atoms with van der Waals surface area (Å²) in [5.74, 6) is -2.04. The average Bonchev–Trinajstić information content (AvgIpc) is 1.94. The standard InChI is InChI=1S/C8H14F2O/c1-11-6-7-2-4-8(9,10)5-3-7/h7H,2-6H2,1H3. The maximum Gasteiger partial charge on any atom is 0.248 e. The van der Waals surface area contributed by atoms with Crippen LogP contribution in [0.1, 0.15) is 25.7 Å². The molecule has 0 aromatic heterocycles. The minimum absolute atomic E-state index is 0.0427. The maximum absolute atomic E-state index is 12.6. The van der Waals surface area contributed by atoms with Crippen molar-refractivity contribution in [3.05, 3.63) is 0 Å². The molecule has 0 amide bonds. The molecule has 1 fully saturated rings. The number of methoxy groups -OCH3 is 1. The molecule has 1 rings (SSSR count). The number of halogens is 2. The molecule has 66 valence electrons. The number of alkyl halides is 2. The van der Waals surface area contributed by atoms with Crippen molar-refractivity contribution in [3.63, 3.8) is 0 Å². The molecule has 0 unspecified atom stereocenters. The minimum atomic E-state index is -2.40. The topological polar surface area (TPSA) is 9.23 Å². The van der Waals surface area contributed by atoms with Crippen molar-refractivity contribution in [1.82, 2.24) is 0 Å². The van der Waals surface area contributed by atoms with Crippen molar-refractivity contribution in [2.45, 2.75) is 31.6 Å². The van der Waals surface area contributed by atoms with Crippen molar-refractivity contribution in [2.24, 2.45) is 5.92 Å². The van der Waals surface area contributed by atoms with Crippen LogP contribution in [0.5, 0.6) is 0 Å². The molecule has 11 heavy (non-hydrogen) atoms. The minimum Gasteiger partial charge on any atom is -0.384 e. The predicted molar refractivity (Wildman–Crippen MR) is 38.8 cm³/mol. The van der Waals surface area contributed by atoms with Gasteiger partial charge in [-0.1, -0.05) is 0 Å². The molecule has 0 bridgehead atoms. The number of rotatable bonds is 2. The van der Waals surface area contributed by atoms with Crippen LogP contribution < -0.4 is 0 Å². The second-order valence-electron chi connectivity index (χ2n) is 3.25. The molecule has 0 aromatic carbocycles. The molecule has 0 aliphatic heterocycles. The Kier molecular flexibility index (Phi) is 2.82. The van der Waals surface area contributed by atoms with Crippen LogP contribution >= 0.6 is 0 Å². The highest BCUT2D eigenvalue weighted by atomic mass is 19.3. The van der Waals surface area contributed by atoms with Gasteiger partial charge in [-0.05, 0) is 18.8 Å². The van der Waals surface area contributed by atoms with E-state index >= 15 is 0 Å². The first-order valence-electron chi connectivity index (χ1n) is 4.01. The van der Waals surface area contributed by atoms with E-state index in [9.17, 15) is 8.78 Å². The van der Waals surface area contributed by atoms with Crippen LogP contribution in [0.25, 0.3) is 0 Å². The van der Waals surface area contributed by atoms with Crippen molar-refractivity contribution < 1.29 is 13.5 Å². The van der Waals surface area contributed by atoms with E-state index in [0.717, 1.165) is 0 Å². The van der Waals surface area contributed by atoms with E-state index < -0.39 is 5.92 Å². The summed E-state index contributed by atoms with van der Waals surface area (Å²) in [4.78, 5) is 0. The number of hydrogen-bond donors (Lipinski definition) is 0. The Hall–Kier alpha value is -0.180. The largest absolute Gasteiger partial charge is 0.384 e. The Balaban J connectivity index is 2.25. The summed E-state index contributed by atoms with van der Waals surface area (Å²) in [7, 11) is 1.62. The molecule has 0 heterocycles. The quantitative estimate of drug-likeness (QED) is 0.609. The van der Waals surface area contributed by atoms with Crippen LogP contribution in [0.2, 0.25) is 0 Å². The van der Waals surface area contributed by atoms with Crippen molar-refractivity contribution >= 4 is 0 Å². The molecule has 1 saturated carbocycles. The molecule has 0 aromatic rings. The van der Waals surface area contributed by atoms with Gasteiger partial charge in [-0.25, -0.2) is 8.78 Å². The lowest BCUT2D eigenvalue weighted by atomic mass is 9.87. The third kappa shape index (κ3) is 2.73. The van der Waals surface area contributed by atoms with Crippen LogP contribution in [-0.2, 0) is 4.74 Å². The molecule has 1 aliphatic carbocycles. The summed E-state index contributed by atoms with van der Waals surface area (Å²) in [6, 6.07) is 0. The highest BCUT2D eigenvalue weighted by Crippen LogP contribution is 2.35. The first-order chi connectivity index (χ1) is 5.14. The summed E-state index contributed by atoms with van der Waals surface area (Å²) >= 11 is 0. The van der Waals surface area contributed by atoms with Gasteiger partial charge in [0, 0.05) is 26.6 Å². The van der Waals surface area contributed by atoms with E-state index in [2.05, 4.69) is 0 Å². The van der Waals surface area contributed by atoms with Gasteiger partial charge in [-0.15, -0.1) is 0 Å². The average molecular weight is 164 g/mol. The van der Waals surface area contributed by atoms with Crippen LogP contribution in [0.15, 0.2) is 0 Å². The second-order valence-corrected chi connectivity index (χ2v) is 3.25. The van der Waals surface area contributed by atoms with Crippen molar-refractivity contribution in [3.8, 4) is 0 Å². The molecule has 0 saturated heterocycles. The van der Waals surface area contributed by atoms with E-state index in [1.54, 1.807) is 7.11 Å². The highest BCUT2D eigenvalue weighted by molar-refractivity contribution is 4.76. The van der Waals surface area contributed by atoms with E-state index in [1.165, 1.54) is 0 Å². The Morgan fingerprint density at radius 2 is 1.91 bits per heavy atom. The zero-order chi connectivity index (χ0) is 8.32. The lowest BCUT2D eigenvalue weighted by Gasteiger charge is -2.27. The van der Waals surface area contributed by atoms with Gasteiger partial charge in [0.2, 0.25) is 5.92 Å². The van der Waals surface area contributed by atoms with E-state index in [4.69, 9.17) is 4.74 Å². The summed E-state index contributed by atoms with van der Waals surface area (Å²) in [6.07, 6.45) is 1.31. The van der Waals surface area contributed by atoms with Crippen LogP contribution in [0.3, 0.4) is 0 Å². The van der Waals surface area contributed by atoms with Gasteiger partial charge < -0.3 is 4.74 Å². The van der Waals surface area contributed by atoms with Crippen molar-refractivity contribution in [2.75, 3.05) is 13.7 Å². The molecule has 3 heteroatoms. The van der Waals surface area contributed by atoms with Crippen LogP contribution in [-0.4, -0.2) is 19.6 Å². The Labute approximate surface area is 65.7 Å². The maximum atomic E-state index is 12.6. The summed E-state index contributed by atoms with van der Waals surface area (Å²) in [5, 5.41) is 0. The first-order valence-corrected chi connectivity index (χ1v) is 4.01. The molecule has 0 atom stereocenters. The fourth-order valence-corrected chi connectivity index (χ4v) is 1.50. The Bertz CT molecular complexity index is 115. The van der Waals surface area contributed by atoms with Gasteiger partial charge in [0.25, 0.3) is 0 Å². The number of hydrogen-bond acceptors (Lipinski definition) is 1. The monoisotopic (exact) mass is 164 g/mol. The Morgan fingerprint density at radius 3 is 2.36 bits per heavy atom. The van der Waals surface area contributed by atoms with Gasteiger partial charge >= 0.3 is 0 Å². The third-order valence-corrected chi connectivity index (χ3v) is 2.24. The number of ether oxygens (including phenoxy) is 1. The second kappa shape index (κ2) is 3.48. The smallest absolute Gasteiger partial charge is 0.248 e. The molecule has 0 N–H and O–H groups in total. The van der Waals surface area contributed by atoms with Crippen LogP contribution in [0.4, 0.5) is 8.78 Å². The molecular weight excluding hydrogens is 150 g/mol. The zero-order valence-corrected chi connectivity index (χ0v) is 6.78. The molecule has 1 nitrogen and oxygen atoms in total. The summed E-state index contributed by atoms with van der Waals surface area (Å²) in [5.41, 5.74) is 0. The lowest BCUT2D eigenvalue weighted by molar-refractivity contribution is -0.0532. The van der Waals surface area contributed by atoms with Crippen LogP contribution in [0, 0.1) is 5.92 Å². The van der Waals surface area contributed by atoms with Gasteiger partial charge in [0.15, 0.2) is 0 Å². The third-order valence-electron chi connectivity index (χ3n) is 2.24. The van der Waals surface area contributed by atoms with Crippen molar-refractivity contribution in [1.29, 1.82) is 0 Å². The van der Waals surface area contributed by atoms with E-state index in [-0.39, 0.29) is 12.8 Å². The first kappa shape index (κ1) is 8.91. The molecule has 0 radical (unpaired) electrons. The van der Waals surface area contributed by atoms with E-state index in [1.807, 2.05) is 0 Å². The SMILES string of the molecule is COCC1CCC(F)(F)CC1. The van der Waals surface area contributed by atoms with Gasteiger partial charge in [-0.3, -0.25) is 0 Å². The van der Waals surface area contributed by atoms with Gasteiger partial charge in [0.05, 0.1) is 0 Å². The van der Waals surface area contributed by atoms with Gasteiger partial charge in [-0.2, -0.15) is 0 Å². The molecule has 1 aliphatic rings. The summed E-state index contributed by atoms with van der Waals surface area (Å²) < 4.78 is 30.1. The van der Waals surface area contributed by atoms with Gasteiger partial charge in [0.1, 0.15) is 0 Å². The lowest BCUT2D eigenvalue weighted by Crippen LogP contribution is -2.26. The predicted octanol–water partition coefficient (Wildman–Crippen LogP) is 2.46. The highest BCUT2D eigenvalue weighted by Gasteiger charge is 2.34. The fourth-order valence-electron chi connectivity index (χ4n) is 1.50. The normalized spacial score (nSPS) is 25.4.